The summed E-state index contributed by atoms with van der Waals surface area (Å²) in [5.41, 5.74) is 8.36. The van der Waals surface area contributed by atoms with Gasteiger partial charge in [-0.2, -0.15) is 5.10 Å². The largest absolute Gasteiger partial charge is 0.326 e. The molecule has 1 aliphatic rings. The summed E-state index contributed by atoms with van der Waals surface area (Å²) in [6.07, 6.45) is 9.55. The number of hydrogen-bond donors (Lipinski definition) is 1. The predicted octanol–water partition coefficient (Wildman–Crippen LogP) is 2.41. The molecule has 0 radical (unpaired) electrons. The minimum atomic E-state index is 0.627. The molecule has 1 heterocycles. The van der Waals surface area contributed by atoms with Crippen molar-refractivity contribution < 1.29 is 0 Å². The van der Waals surface area contributed by atoms with Gasteiger partial charge in [0.05, 0.1) is 12.2 Å². The van der Waals surface area contributed by atoms with Crippen LogP contribution in [-0.2, 0) is 13.0 Å². The predicted molar refractivity (Wildman–Crippen MR) is 61.6 cm³/mol. The smallest absolute Gasteiger partial charge is 0.0537 e. The second kappa shape index (κ2) is 4.79. The summed E-state index contributed by atoms with van der Waals surface area (Å²) >= 11 is 0. The van der Waals surface area contributed by atoms with E-state index in [2.05, 4.69) is 16.7 Å². The van der Waals surface area contributed by atoms with Crippen LogP contribution in [0.4, 0.5) is 0 Å². The molecule has 0 aromatic carbocycles. The molecular formula is C12H21N3. The molecular weight excluding hydrogens is 186 g/mol. The van der Waals surface area contributed by atoms with Crippen LogP contribution in [0.3, 0.4) is 0 Å². The van der Waals surface area contributed by atoms with Gasteiger partial charge in [0.1, 0.15) is 0 Å². The molecule has 3 nitrogen and oxygen atoms in total. The second-order valence-electron chi connectivity index (χ2n) is 4.45. The number of nitrogens with two attached hydrogens (primary N) is 1. The van der Waals surface area contributed by atoms with Gasteiger partial charge in [-0.25, -0.2) is 0 Å². The van der Waals surface area contributed by atoms with Gasteiger partial charge >= 0.3 is 0 Å². The van der Waals surface area contributed by atoms with Crippen LogP contribution in [0.5, 0.6) is 0 Å². The summed E-state index contributed by atoms with van der Waals surface area (Å²) in [5.74, 6) is 0. The summed E-state index contributed by atoms with van der Waals surface area (Å²) < 4.78 is 2.25. The number of nitrogens with zero attached hydrogens (tertiary/aromatic N) is 2. The zero-order valence-corrected chi connectivity index (χ0v) is 9.58. The maximum absolute atomic E-state index is 5.74. The Hall–Kier alpha value is -0.830. The van der Waals surface area contributed by atoms with Crippen LogP contribution in [0.15, 0.2) is 6.20 Å². The van der Waals surface area contributed by atoms with E-state index in [0.717, 1.165) is 6.42 Å². The quantitative estimate of drug-likeness (QED) is 0.824. The van der Waals surface area contributed by atoms with Crippen LogP contribution >= 0.6 is 0 Å². The molecule has 2 N–H and O–H groups in total. The van der Waals surface area contributed by atoms with Crippen molar-refractivity contribution in [3.63, 3.8) is 0 Å². The Morgan fingerprint density at radius 1 is 1.47 bits per heavy atom. The highest BCUT2D eigenvalue weighted by Gasteiger charge is 2.21. The Morgan fingerprint density at radius 3 is 2.80 bits per heavy atom. The van der Waals surface area contributed by atoms with Crippen LogP contribution in [0, 0.1) is 0 Å². The first kappa shape index (κ1) is 10.7. The molecule has 0 saturated heterocycles. The average molecular weight is 207 g/mol. The highest BCUT2D eigenvalue weighted by Crippen LogP contribution is 2.31. The normalized spacial score (nSPS) is 17.5. The minimum absolute atomic E-state index is 0.627. The number of aromatic nitrogens is 2. The summed E-state index contributed by atoms with van der Waals surface area (Å²) in [6.45, 7) is 2.84. The van der Waals surface area contributed by atoms with E-state index in [0.29, 0.717) is 12.6 Å². The van der Waals surface area contributed by atoms with E-state index in [1.165, 1.54) is 43.4 Å². The molecule has 0 aliphatic heterocycles. The maximum Gasteiger partial charge on any atom is 0.0537 e. The molecule has 2 rings (SSSR count). The molecule has 0 amide bonds. The van der Waals surface area contributed by atoms with Crippen molar-refractivity contribution >= 4 is 0 Å². The first-order valence-electron chi connectivity index (χ1n) is 6.12. The van der Waals surface area contributed by atoms with E-state index in [4.69, 9.17) is 5.73 Å². The fourth-order valence-electron chi connectivity index (χ4n) is 2.57. The fourth-order valence-corrected chi connectivity index (χ4v) is 2.57. The van der Waals surface area contributed by atoms with E-state index in [-0.39, 0.29) is 0 Å². The molecule has 1 aromatic heterocycles. The molecule has 3 heteroatoms. The lowest BCUT2D eigenvalue weighted by Gasteiger charge is -2.14. The highest BCUT2D eigenvalue weighted by atomic mass is 15.3. The van der Waals surface area contributed by atoms with Crippen molar-refractivity contribution in [2.24, 2.45) is 5.73 Å². The van der Waals surface area contributed by atoms with Crippen LogP contribution in [0.2, 0.25) is 0 Å². The van der Waals surface area contributed by atoms with Crippen molar-refractivity contribution in [2.45, 2.75) is 58.0 Å². The molecule has 1 aromatic rings. The average Bonchev–Trinajstić information content (AvgIpc) is 2.85. The highest BCUT2D eigenvalue weighted by molar-refractivity contribution is 5.18. The van der Waals surface area contributed by atoms with Gasteiger partial charge in [-0.05, 0) is 19.3 Å². The van der Waals surface area contributed by atoms with Gasteiger partial charge in [0.2, 0.25) is 0 Å². The van der Waals surface area contributed by atoms with Crippen LogP contribution in [0.1, 0.15) is 56.3 Å². The Kier molecular flexibility index (Phi) is 3.41. The van der Waals surface area contributed by atoms with E-state index in [9.17, 15) is 0 Å². The van der Waals surface area contributed by atoms with Crippen LogP contribution in [0.25, 0.3) is 0 Å². The molecule has 1 fully saturated rings. The molecule has 15 heavy (non-hydrogen) atoms. The third kappa shape index (κ3) is 2.07. The third-order valence-electron chi connectivity index (χ3n) is 3.36. The molecule has 0 atom stereocenters. The van der Waals surface area contributed by atoms with Gasteiger partial charge in [0.25, 0.3) is 0 Å². The summed E-state index contributed by atoms with van der Waals surface area (Å²) in [6, 6.07) is 0.645. The lowest BCUT2D eigenvalue weighted by molar-refractivity contribution is 0.447. The summed E-state index contributed by atoms with van der Waals surface area (Å²) in [5, 5.41) is 4.52. The van der Waals surface area contributed by atoms with Gasteiger partial charge < -0.3 is 5.73 Å². The van der Waals surface area contributed by atoms with E-state index < -0.39 is 0 Å². The van der Waals surface area contributed by atoms with E-state index >= 15 is 0 Å². The van der Waals surface area contributed by atoms with Gasteiger partial charge in [-0.15, -0.1) is 0 Å². The Bertz CT molecular complexity index is 311. The zero-order valence-electron chi connectivity index (χ0n) is 9.58. The standard InChI is InChI=1S/C12H21N3/c1-2-5-12-10(8-13)9-14-15(12)11-6-3-4-7-11/h9,11H,2-8,13H2,1H3. The van der Waals surface area contributed by atoms with Gasteiger partial charge in [-0.1, -0.05) is 26.2 Å². The van der Waals surface area contributed by atoms with E-state index in [1.54, 1.807) is 0 Å². The SMILES string of the molecule is CCCc1c(CN)cnn1C1CCCC1. The first-order chi connectivity index (χ1) is 7.36. The molecule has 1 aliphatic carbocycles. The number of rotatable bonds is 4. The fraction of sp³-hybridized carbons (Fsp3) is 0.750. The number of hydrogen-bond acceptors (Lipinski definition) is 2. The van der Waals surface area contributed by atoms with Crippen molar-refractivity contribution in [1.82, 2.24) is 9.78 Å². The van der Waals surface area contributed by atoms with Crippen molar-refractivity contribution in [3.05, 3.63) is 17.5 Å². The lowest BCUT2D eigenvalue weighted by atomic mass is 10.1. The van der Waals surface area contributed by atoms with Crippen LogP contribution in [-0.4, -0.2) is 9.78 Å². The van der Waals surface area contributed by atoms with E-state index in [1.807, 2.05) is 6.20 Å². The zero-order chi connectivity index (χ0) is 10.7. The van der Waals surface area contributed by atoms with Gasteiger partial charge in [0.15, 0.2) is 0 Å². The Balaban J connectivity index is 2.24. The van der Waals surface area contributed by atoms with Gasteiger partial charge in [0, 0.05) is 17.8 Å². The Morgan fingerprint density at radius 2 is 2.20 bits per heavy atom. The molecule has 84 valence electrons. The second-order valence-corrected chi connectivity index (χ2v) is 4.45. The molecule has 0 unspecified atom stereocenters. The van der Waals surface area contributed by atoms with Crippen molar-refractivity contribution in [3.8, 4) is 0 Å². The monoisotopic (exact) mass is 207 g/mol. The minimum Gasteiger partial charge on any atom is -0.326 e. The van der Waals surface area contributed by atoms with Crippen molar-refractivity contribution in [2.75, 3.05) is 0 Å². The topological polar surface area (TPSA) is 43.8 Å². The molecule has 0 spiro atoms. The Labute approximate surface area is 91.7 Å². The summed E-state index contributed by atoms with van der Waals surface area (Å²) in [7, 11) is 0. The molecule has 0 bridgehead atoms. The third-order valence-corrected chi connectivity index (χ3v) is 3.36. The molecule has 1 saturated carbocycles. The van der Waals surface area contributed by atoms with Gasteiger partial charge in [-0.3, -0.25) is 4.68 Å². The maximum atomic E-state index is 5.74. The summed E-state index contributed by atoms with van der Waals surface area (Å²) in [4.78, 5) is 0. The van der Waals surface area contributed by atoms with Crippen molar-refractivity contribution in [1.29, 1.82) is 0 Å². The lowest BCUT2D eigenvalue weighted by Crippen LogP contribution is -2.12. The van der Waals surface area contributed by atoms with Crippen LogP contribution < -0.4 is 5.73 Å². The first-order valence-corrected chi connectivity index (χ1v) is 6.12.